The van der Waals surface area contributed by atoms with Crippen molar-refractivity contribution in [3.05, 3.63) is 28.3 Å². The van der Waals surface area contributed by atoms with E-state index in [1.54, 1.807) is 6.92 Å². The molecule has 0 aliphatic heterocycles. The molecule has 98 valence electrons. The fraction of sp³-hybridized carbons (Fsp3) is 0.364. The number of benzene rings is 1. The summed E-state index contributed by atoms with van der Waals surface area (Å²) in [5.74, 6) is -0.0124. The molecular formula is C11H14N2O5. The van der Waals surface area contributed by atoms with Gasteiger partial charge >= 0.3 is 5.97 Å². The summed E-state index contributed by atoms with van der Waals surface area (Å²) in [5, 5.41) is 13.5. The average molecular weight is 254 g/mol. The molecule has 0 aliphatic rings. The van der Waals surface area contributed by atoms with Crippen LogP contribution >= 0.6 is 0 Å². The lowest BCUT2D eigenvalue weighted by Gasteiger charge is -2.08. The molecule has 1 rings (SSSR count). The van der Waals surface area contributed by atoms with E-state index < -0.39 is 10.9 Å². The van der Waals surface area contributed by atoms with Gasteiger partial charge in [-0.3, -0.25) is 14.9 Å². The van der Waals surface area contributed by atoms with E-state index in [2.05, 4.69) is 5.32 Å². The predicted octanol–water partition coefficient (Wildman–Crippen LogP) is 1.58. The van der Waals surface area contributed by atoms with Gasteiger partial charge in [0.2, 0.25) is 0 Å². The molecule has 0 saturated carbocycles. The Morgan fingerprint density at radius 1 is 1.50 bits per heavy atom. The molecule has 1 N–H and O–H groups in total. The highest BCUT2D eigenvalue weighted by atomic mass is 16.6. The summed E-state index contributed by atoms with van der Waals surface area (Å²) >= 11 is 0. The second-order valence-corrected chi connectivity index (χ2v) is 3.30. The third kappa shape index (κ3) is 3.62. The molecule has 0 atom stereocenters. The molecule has 0 aromatic heterocycles. The van der Waals surface area contributed by atoms with Gasteiger partial charge in [-0.05, 0) is 13.0 Å². The number of nitrogens with one attached hydrogen (secondary N) is 1. The van der Waals surface area contributed by atoms with Gasteiger partial charge in [0.15, 0.2) is 0 Å². The third-order valence-corrected chi connectivity index (χ3v) is 2.13. The first kappa shape index (κ1) is 13.8. The van der Waals surface area contributed by atoms with Crippen molar-refractivity contribution in [2.75, 3.05) is 25.6 Å². The molecule has 0 spiro atoms. The van der Waals surface area contributed by atoms with Crippen molar-refractivity contribution in [2.45, 2.75) is 6.92 Å². The van der Waals surface area contributed by atoms with E-state index >= 15 is 0 Å². The van der Waals surface area contributed by atoms with Crippen LogP contribution in [0.25, 0.3) is 0 Å². The molecule has 0 fully saturated rings. The molecule has 0 bridgehead atoms. The maximum atomic E-state index is 11.2. The molecule has 0 saturated heterocycles. The highest BCUT2D eigenvalue weighted by Gasteiger charge is 2.15. The average Bonchev–Trinajstić information content (AvgIpc) is 2.36. The second kappa shape index (κ2) is 6.43. The SMILES string of the molecule is CCOC(=O)CNc1cc(OC)ccc1[N+](=O)[O-]. The summed E-state index contributed by atoms with van der Waals surface area (Å²) < 4.78 is 9.68. The number of nitro groups is 1. The van der Waals surface area contributed by atoms with Crippen LogP contribution in [0, 0.1) is 10.1 Å². The van der Waals surface area contributed by atoms with Gasteiger partial charge in [-0.2, -0.15) is 0 Å². The van der Waals surface area contributed by atoms with Gasteiger partial charge in [0.25, 0.3) is 5.69 Å². The Kier molecular flexibility index (Phi) is 4.91. The largest absolute Gasteiger partial charge is 0.497 e. The molecule has 0 radical (unpaired) electrons. The molecule has 18 heavy (non-hydrogen) atoms. The molecule has 0 unspecified atom stereocenters. The molecule has 1 aromatic carbocycles. The Morgan fingerprint density at radius 3 is 2.78 bits per heavy atom. The Morgan fingerprint density at radius 2 is 2.22 bits per heavy atom. The highest BCUT2D eigenvalue weighted by molar-refractivity contribution is 5.77. The number of carbonyl (C=O) groups is 1. The molecule has 0 amide bonds. The summed E-state index contributed by atoms with van der Waals surface area (Å²) in [6.07, 6.45) is 0. The monoisotopic (exact) mass is 254 g/mol. The number of anilines is 1. The zero-order valence-corrected chi connectivity index (χ0v) is 10.1. The standard InChI is InChI=1S/C11H14N2O5/c1-3-18-11(14)7-12-9-6-8(17-2)4-5-10(9)13(15)16/h4-6,12H,3,7H2,1-2H3. The Labute approximate surface area is 104 Å². The number of nitrogens with zero attached hydrogens (tertiary/aromatic N) is 1. The van der Waals surface area contributed by atoms with Gasteiger partial charge in [0, 0.05) is 12.1 Å². The van der Waals surface area contributed by atoms with Crippen LogP contribution in [0.2, 0.25) is 0 Å². The first-order valence-electron chi connectivity index (χ1n) is 5.30. The summed E-state index contributed by atoms with van der Waals surface area (Å²) in [7, 11) is 1.45. The predicted molar refractivity (Wildman–Crippen MR) is 64.8 cm³/mol. The van der Waals surface area contributed by atoms with E-state index in [1.165, 1.54) is 25.3 Å². The van der Waals surface area contributed by atoms with Crippen molar-refractivity contribution < 1.29 is 19.2 Å². The fourth-order valence-electron chi connectivity index (χ4n) is 1.32. The van der Waals surface area contributed by atoms with Gasteiger partial charge < -0.3 is 14.8 Å². The molecule has 0 aliphatic carbocycles. The van der Waals surface area contributed by atoms with Crippen molar-refractivity contribution >= 4 is 17.3 Å². The summed E-state index contributed by atoms with van der Waals surface area (Å²) in [6.45, 7) is 1.81. The van der Waals surface area contributed by atoms with Crippen molar-refractivity contribution in [3.8, 4) is 5.75 Å². The van der Waals surface area contributed by atoms with Gasteiger partial charge in [-0.25, -0.2) is 0 Å². The minimum Gasteiger partial charge on any atom is -0.497 e. The van der Waals surface area contributed by atoms with E-state index in [9.17, 15) is 14.9 Å². The zero-order valence-electron chi connectivity index (χ0n) is 10.1. The summed E-state index contributed by atoms with van der Waals surface area (Å²) in [6, 6.07) is 4.25. The number of rotatable bonds is 6. The van der Waals surface area contributed by atoms with Crippen LogP contribution in [-0.4, -0.2) is 31.2 Å². The Hall–Kier alpha value is -2.31. The number of hydrogen-bond donors (Lipinski definition) is 1. The second-order valence-electron chi connectivity index (χ2n) is 3.30. The van der Waals surface area contributed by atoms with Gasteiger partial charge in [0.05, 0.1) is 18.6 Å². The first-order valence-corrected chi connectivity index (χ1v) is 5.30. The lowest BCUT2D eigenvalue weighted by Crippen LogP contribution is -2.17. The Bertz CT molecular complexity index is 447. The van der Waals surface area contributed by atoms with Gasteiger partial charge in [-0.15, -0.1) is 0 Å². The maximum absolute atomic E-state index is 11.2. The van der Waals surface area contributed by atoms with E-state index in [4.69, 9.17) is 9.47 Å². The number of hydrogen-bond acceptors (Lipinski definition) is 6. The topological polar surface area (TPSA) is 90.7 Å². The minimum atomic E-state index is -0.535. The normalized spacial score (nSPS) is 9.67. The van der Waals surface area contributed by atoms with Crippen molar-refractivity contribution in [1.82, 2.24) is 0 Å². The Balaban J connectivity index is 2.84. The van der Waals surface area contributed by atoms with Crippen LogP contribution in [0.3, 0.4) is 0 Å². The van der Waals surface area contributed by atoms with Gasteiger partial charge in [0.1, 0.15) is 18.0 Å². The van der Waals surface area contributed by atoms with E-state index in [1.807, 2.05) is 0 Å². The molecule has 0 heterocycles. The van der Waals surface area contributed by atoms with Crippen LogP contribution in [0.4, 0.5) is 11.4 Å². The van der Waals surface area contributed by atoms with Crippen molar-refractivity contribution in [3.63, 3.8) is 0 Å². The fourth-order valence-corrected chi connectivity index (χ4v) is 1.32. The molecule has 1 aromatic rings. The number of carbonyl (C=O) groups excluding carboxylic acids is 1. The van der Waals surface area contributed by atoms with E-state index in [-0.39, 0.29) is 24.5 Å². The van der Waals surface area contributed by atoms with Crippen LogP contribution in [0.15, 0.2) is 18.2 Å². The van der Waals surface area contributed by atoms with Crippen molar-refractivity contribution in [2.24, 2.45) is 0 Å². The lowest BCUT2D eigenvalue weighted by molar-refractivity contribution is -0.384. The van der Waals surface area contributed by atoms with E-state index in [0.717, 1.165) is 0 Å². The minimum absolute atomic E-state index is 0.125. The van der Waals surface area contributed by atoms with Crippen LogP contribution in [-0.2, 0) is 9.53 Å². The molecule has 7 nitrogen and oxygen atoms in total. The van der Waals surface area contributed by atoms with Crippen LogP contribution in [0.5, 0.6) is 5.75 Å². The number of esters is 1. The van der Waals surface area contributed by atoms with Crippen molar-refractivity contribution in [1.29, 1.82) is 0 Å². The van der Waals surface area contributed by atoms with Crippen LogP contribution < -0.4 is 10.1 Å². The molecule has 7 heteroatoms. The zero-order chi connectivity index (χ0) is 13.5. The number of nitro benzene ring substituents is 1. The van der Waals surface area contributed by atoms with E-state index in [0.29, 0.717) is 5.75 Å². The molecular weight excluding hydrogens is 240 g/mol. The quantitative estimate of drug-likeness (QED) is 0.471. The highest BCUT2D eigenvalue weighted by Crippen LogP contribution is 2.28. The first-order chi connectivity index (χ1) is 8.58. The summed E-state index contributed by atoms with van der Waals surface area (Å²) in [5.41, 5.74) is 0.0903. The number of ether oxygens (including phenoxy) is 2. The van der Waals surface area contributed by atoms with Crippen LogP contribution in [0.1, 0.15) is 6.92 Å². The summed E-state index contributed by atoms with van der Waals surface area (Å²) in [4.78, 5) is 21.4. The number of methoxy groups -OCH3 is 1. The third-order valence-electron chi connectivity index (χ3n) is 2.13. The van der Waals surface area contributed by atoms with Gasteiger partial charge in [-0.1, -0.05) is 0 Å². The lowest BCUT2D eigenvalue weighted by atomic mass is 10.2. The smallest absolute Gasteiger partial charge is 0.325 e. The maximum Gasteiger partial charge on any atom is 0.325 e.